The molecule has 18 heavy (non-hydrogen) atoms. The number of hydrogen-bond acceptors (Lipinski definition) is 6. The van der Waals surface area contributed by atoms with Crippen molar-refractivity contribution in [1.82, 2.24) is 15.0 Å². The van der Waals surface area contributed by atoms with Gasteiger partial charge in [-0.3, -0.25) is 0 Å². The maximum atomic E-state index is 5.57. The molecule has 2 rings (SSSR count). The van der Waals surface area contributed by atoms with E-state index in [0.29, 0.717) is 5.95 Å². The van der Waals surface area contributed by atoms with Crippen molar-refractivity contribution in [2.45, 2.75) is 38.5 Å². The van der Waals surface area contributed by atoms with E-state index in [2.05, 4.69) is 20.3 Å². The Morgan fingerprint density at radius 2 is 2.00 bits per heavy atom. The van der Waals surface area contributed by atoms with Crippen LogP contribution >= 0.6 is 0 Å². The predicted octanol–water partition coefficient (Wildman–Crippen LogP) is 1.84. The highest BCUT2D eigenvalue weighted by Crippen LogP contribution is 2.26. The van der Waals surface area contributed by atoms with Crippen LogP contribution in [0.3, 0.4) is 0 Å². The van der Waals surface area contributed by atoms with Crippen LogP contribution in [0.2, 0.25) is 0 Å². The van der Waals surface area contributed by atoms with Gasteiger partial charge in [0.25, 0.3) is 0 Å². The van der Waals surface area contributed by atoms with E-state index in [0.717, 1.165) is 18.9 Å². The van der Waals surface area contributed by atoms with Gasteiger partial charge in [0, 0.05) is 6.54 Å². The lowest BCUT2D eigenvalue weighted by Crippen LogP contribution is -2.14. The van der Waals surface area contributed by atoms with Crippen molar-refractivity contribution in [2.75, 3.05) is 24.7 Å². The zero-order valence-corrected chi connectivity index (χ0v) is 10.9. The second-order valence-electron chi connectivity index (χ2n) is 4.72. The number of rotatable bonds is 5. The van der Waals surface area contributed by atoms with Crippen molar-refractivity contribution in [1.29, 1.82) is 0 Å². The summed E-state index contributed by atoms with van der Waals surface area (Å²) in [6, 6.07) is 0.252. The van der Waals surface area contributed by atoms with Crippen LogP contribution in [0, 0.1) is 5.92 Å². The molecule has 0 bridgehead atoms. The molecule has 1 heterocycles. The molecule has 1 aliphatic rings. The van der Waals surface area contributed by atoms with E-state index in [1.54, 1.807) is 0 Å². The van der Waals surface area contributed by atoms with E-state index >= 15 is 0 Å². The summed E-state index contributed by atoms with van der Waals surface area (Å²) in [6.45, 7) is 0.872. The third-order valence-electron chi connectivity index (χ3n) is 3.38. The first-order valence-corrected chi connectivity index (χ1v) is 6.57. The van der Waals surface area contributed by atoms with Crippen molar-refractivity contribution in [3.8, 4) is 6.01 Å². The highest BCUT2D eigenvalue weighted by Gasteiger charge is 2.13. The molecule has 100 valence electrons. The van der Waals surface area contributed by atoms with Gasteiger partial charge in [-0.05, 0) is 12.3 Å². The lowest BCUT2D eigenvalue weighted by atomic mass is 9.87. The molecule has 3 N–H and O–H groups in total. The van der Waals surface area contributed by atoms with Crippen molar-refractivity contribution in [3.63, 3.8) is 0 Å². The van der Waals surface area contributed by atoms with Gasteiger partial charge in [0.05, 0.1) is 7.11 Å². The Balaban J connectivity index is 1.80. The molecule has 0 saturated heterocycles. The number of aromatic nitrogens is 3. The van der Waals surface area contributed by atoms with Crippen LogP contribution < -0.4 is 15.8 Å². The molecule has 1 saturated carbocycles. The van der Waals surface area contributed by atoms with Crippen molar-refractivity contribution >= 4 is 11.9 Å². The lowest BCUT2D eigenvalue weighted by Gasteiger charge is -2.21. The van der Waals surface area contributed by atoms with E-state index in [4.69, 9.17) is 10.5 Å². The molecule has 6 nitrogen and oxygen atoms in total. The third-order valence-corrected chi connectivity index (χ3v) is 3.38. The Hall–Kier alpha value is -1.59. The monoisotopic (exact) mass is 251 g/mol. The second kappa shape index (κ2) is 6.37. The van der Waals surface area contributed by atoms with Crippen LogP contribution in [0.15, 0.2) is 0 Å². The number of methoxy groups -OCH3 is 1. The summed E-state index contributed by atoms with van der Waals surface area (Å²) >= 11 is 0. The summed E-state index contributed by atoms with van der Waals surface area (Å²) in [5.41, 5.74) is 5.57. The molecule has 1 aromatic rings. The molecule has 1 aromatic heterocycles. The van der Waals surface area contributed by atoms with Crippen LogP contribution in [0.5, 0.6) is 6.01 Å². The van der Waals surface area contributed by atoms with Gasteiger partial charge in [-0.1, -0.05) is 32.1 Å². The summed E-state index contributed by atoms with van der Waals surface area (Å²) in [6.07, 6.45) is 8.00. The maximum absolute atomic E-state index is 5.57. The number of nitrogens with one attached hydrogen (secondary N) is 1. The number of nitrogens with two attached hydrogens (primary N) is 1. The molecule has 0 unspecified atom stereocenters. The number of anilines is 2. The van der Waals surface area contributed by atoms with E-state index < -0.39 is 0 Å². The Bertz CT molecular complexity index is 379. The molecule has 0 spiro atoms. The molecular formula is C12H21N5O. The van der Waals surface area contributed by atoms with Gasteiger partial charge in [0.1, 0.15) is 0 Å². The second-order valence-corrected chi connectivity index (χ2v) is 4.72. The minimum atomic E-state index is 0.182. The fourth-order valence-electron chi connectivity index (χ4n) is 2.41. The topological polar surface area (TPSA) is 86.0 Å². The molecular weight excluding hydrogens is 230 g/mol. The van der Waals surface area contributed by atoms with Gasteiger partial charge >= 0.3 is 6.01 Å². The first-order chi connectivity index (χ1) is 8.78. The van der Waals surface area contributed by atoms with Crippen LogP contribution in [-0.4, -0.2) is 28.6 Å². The summed E-state index contributed by atoms with van der Waals surface area (Å²) in [7, 11) is 1.51. The van der Waals surface area contributed by atoms with Gasteiger partial charge in [-0.2, -0.15) is 15.0 Å². The summed E-state index contributed by atoms with van der Waals surface area (Å²) < 4.78 is 4.95. The SMILES string of the molecule is COc1nc(N)nc(NCCC2CCCCC2)n1. The average Bonchev–Trinajstić information content (AvgIpc) is 2.39. The van der Waals surface area contributed by atoms with Crippen LogP contribution in [0.25, 0.3) is 0 Å². The van der Waals surface area contributed by atoms with Crippen molar-refractivity contribution in [3.05, 3.63) is 0 Å². The quantitative estimate of drug-likeness (QED) is 0.830. The molecule has 1 fully saturated rings. The number of hydrogen-bond donors (Lipinski definition) is 2. The van der Waals surface area contributed by atoms with E-state index in [1.807, 2.05) is 0 Å². The Labute approximate surface area is 107 Å². The average molecular weight is 251 g/mol. The van der Waals surface area contributed by atoms with Gasteiger partial charge in [-0.25, -0.2) is 0 Å². The van der Waals surface area contributed by atoms with Gasteiger partial charge in [-0.15, -0.1) is 0 Å². The summed E-state index contributed by atoms with van der Waals surface area (Å²) in [5.74, 6) is 1.52. The van der Waals surface area contributed by atoms with Gasteiger partial charge in [0.15, 0.2) is 0 Å². The summed E-state index contributed by atoms with van der Waals surface area (Å²) in [5, 5.41) is 3.19. The van der Waals surface area contributed by atoms with Crippen LogP contribution in [-0.2, 0) is 0 Å². The Morgan fingerprint density at radius 3 is 2.72 bits per heavy atom. The number of nitrogens with zero attached hydrogens (tertiary/aromatic N) is 3. The smallest absolute Gasteiger partial charge is 0.322 e. The molecule has 0 aromatic carbocycles. The molecule has 6 heteroatoms. The van der Waals surface area contributed by atoms with Crippen LogP contribution in [0.1, 0.15) is 38.5 Å². The Morgan fingerprint density at radius 1 is 1.22 bits per heavy atom. The molecule has 0 radical (unpaired) electrons. The standard InChI is InChI=1S/C12H21N5O/c1-18-12-16-10(13)15-11(17-12)14-8-7-9-5-3-2-4-6-9/h9H,2-8H2,1H3,(H3,13,14,15,16,17). The van der Waals surface area contributed by atoms with E-state index in [1.165, 1.54) is 39.2 Å². The first kappa shape index (κ1) is 12.9. The van der Waals surface area contributed by atoms with Gasteiger partial charge in [0.2, 0.25) is 11.9 Å². The lowest BCUT2D eigenvalue weighted by molar-refractivity contribution is 0.345. The van der Waals surface area contributed by atoms with E-state index in [-0.39, 0.29) is 12.0 Å². The first-order valence-electron chi connectivity index (χ1n) is 6.57. The van der Waals surface area contributed by atoms with Crippen LogP contribution in [0.4, 0.5) is 11.9 Å². The van der Waals surface area contributed by atoms with E-state index in [9.17, 15) is 0 Å². The largest absolute Gasteiger partial charge is 0.467 e. The fraction of sp³-hybridized carbons (Fsp3) is 0.750. The number of nitrogen functional groups attached to an aromatic ring is 1. The highest BCUT2D eigenvalue weighted by molar-refractivity contribution is 5.32. The zero-order chi connectivity index (χ0) is 12.8. The van der Waals surface area contributed by atoms with Crippen molar-refractivity contribution < 1.29 is 4.74 Å². The predicted molar refractivity (Wildman–Crippen MR) is 70.5 cm³/mol. The molecule has 1 aliphatic carbocycles. The van der Waals surface area contributed by atoms with Crippen molar-refractivity contribution in [2.24, 2.45) is 5.92 Å². The molecule has 0 atom stereocenters. The normalized spacial score (nSPS) is 16.5. The molecule has 0 aliphatic heterocycles. The highest BCUT2D eigenvalue weighted by atomic mass is 16.5. The Kier molecular flexibility index (Phi) is 4.55. The summed E-state index contributed by atoms with van der Waals surface area (Å²) in [4.78, 5) is 12.0. The maximum Gasteiger partial charge on any atom is 0.322 e. The third kappa shape index (κ3) is 3.72. The minimum Gasteiger partial charge on any atom is -0.467 e. The fourth-order valence-corrected chi connectivity index (χ4v) is 2.41. The minimum absolute atomic E-state index is 0.182. The molecule has 0 amide bonds. The number of ether oxygens (including phenoxy) is 1. The zero-order valence-electron chi connectivity index (χ0n) is 10.9. The van der Waals surface area contributed by atoms with Gasteiger partial charge < -0.3 is 15.8 Å².